The molecule has 0 aliphatic rings. The number of rotatable bonds is 1. The first-order chi connectivity index (χ1) is 16.0. The van der Waals surface area contributed by atoms with Crippen molar-refractivity contribution in [1.29, 1.82) is 0 Å². The second-order valence-corrected chi connectivity index (χ2v) is 23.7. The molecular formula is C20H11Cl6I6N4Y-3. The zero-order valence-electron chi connectivity index (χ0n) is 18.6. The first-order valence-electron chi connectivity index (χ1n) is 7.91. The predicted octanol–water partition coefficient (Wildman–Crippen LogP) is 8.37. The summed E-state index contributed by atoms with van der Waals surface area (Å²) in [6, 6.07) is 0. The van der Waals surface area contributed by atoms with Crippen molar-refractivity contribution < 1.29 is 69.9 Å². The zero-order valence-corrected chi connectivity index (χ0v) is 38.9. The van der Waals surface area contributed by atoms with Gasteiger partial charge >= 0.3 is 50.5 Å². The molecule has 37 heavy (non-hydrogen) atoms. The van der Waals surface area contributed by atoms with Crippen LogP contribution in [-0.2, 0) is 39.1 Å². The monoisotopic (exact) mass is 1370 g/mol. The summed E-state index contributed by atoms with van der Waals surface area (Å²) < 4.78 is 0. The summed E-state index contributed by atoms with van der Waals surface area (Å²) in [5, 5.41) is 1.12. The first-order valence-corrected chi connectivity index (χ1v) is 29.0. The quantitative estimate of drug-likeness (QED) is 0.155. The Morgan fingerprint density at radius 3 is 1.22 bits per heavy atom. The molecule has 0 saturated heterocycles. The van der Waals surface area contributed by atoms with Crippen molar-refractivity contribution >= 4 is 167 Å². The molecule has 0 aromatic heterocycles. The van der Waals surface area contributed by atoms with Gasteiger partial charge in [0.25, 0.3) is 0 Å². The van der Waals surface area contributed by atoms with Crippen LogP contribution in [0.25, 0.3) is 19.4 Å². The predicted molar refractivity (Wildman–Crippen MR) is 185 cm³/mol. The van der Waals surface area contributed by atoms with Crippen LogP contribution in [0.5, 0.6) is 0 Å². The molecule has 1 radical (unpaired) electrons. The van der Waals surface area contributed by atoms with Gasteiger partial charge < -0.3 is 31.4 Å². The molecule has 0 fully saturated rings. The summed E-state index contributed by atoms with van der Waals surface area (Å²) in [5.41, 5.74) is 1.33. The largest absolute Gasteiger partial charge is 1.00 e. The van der Waals surface area contributed by atoms with E-state index in [0.717, 1.165) is 0 Å². The minimum atomic E-state index is 0. The fourth-order valence-electron chi connectivity index (χ4n) is 2.15. The van der Waals surface area contributed by atoms with Crippen molar-refractivity contribution in [3.8, 4) is 0 Å². The van der Waals surface area contributed by atoms with E-state index in [1.54, 1.807) is 6.92 Å². The van der Waals surface area contributed by atoms with Crippen LogP contribution >= 0.6 is 144 Å². The molecule has 2 rings (SSSR count). The summed E-state index contributed by atoms with van der Waals surface area (Å²) in [5.74, 6) is 0. The van der Waals surface area contributed by atoms with E-state index < -0.39 is 0 Å². The molecule has 201 valence electrons. The summed E-state index contributed by atoms with van der Waals surface area (Å²) in [7, 11) is 0. The van der Waals surface area contributed by atoms with Crippen LogP contribution in [0.2, 0.25) is 30.1 Å². The van der Waals surface area contributed by atoms with Crippen molar-refractivity contribution in [3.63, 3.8) is 0 Å². The van der Waals surface area contributed by atoms with Crippen molar-refractivity contribution in [2.24, 2.45) is 0 Å². The molecule has 2 aromatic carbocycles. The van der Waals surface area contributed by atoms with Crippen LogP contribution in [-0.4, -0.2) is 0 Å². The molecular weight excluding hydrogens is 1360 g/mol. The van der Waals surface area contributed by atoms with E-state index in [1.807, 2.05) is 6.92 Å². The molecule has 0 unspecified atom stereocenters. The normalized spacial score (nSPS) is 8.11. The average Bonchev–Trinajstić information content (AvgIpc) is 2.84. The summed E-state index contributed by atoms with van der Waals surface area (Å²) >= 11 is 44.8. The Kier molecular flexibility index (Phi) is 38.6. The minimum absolute atomic E-state index is 0. The smallest absolute Gasteiger partial charge is 0.215 e. The van der Waals surface area contributed by atoms with Gasteiger partial charge in [0.15, 0.2) is 0 Å². The molecule has 0 aliphatic carbocycles. The Labute approximate surface area is 344 Å². The van der Waals surface area contributed by atoms with Gasteiger partial charge in [-0.05, 0) is 24.5 Å². The van der Waals surface area contributed by atoms with E-state index in [0.29, 0.717) is 30.8 Å². The number of benzene rings is 2. The standard InChI is InChI=1S/C10H5Cl3N2.C9H3Cl3N2.CH3.I3.I2.HI.Y/c1-4-5-6(11)8(13)10(15-3)9(14-2)7(5)12;1-4-5(10)7(12)9(14-3)8(13-2)6(4)11;;1-3-2;1-2;;/h4H2,1H3;1H3;1H3;;;1H;/q;;2*-1;;;/p-1. The molecule has 0 N–H and O–H groups in total. The van der Waals surface area contributed by atoms with Crippen LogP contribution in [0.3, 0.4) is 0 Å². The second kappa shape index (κ2) is 28.4. The van der Waals surface area contributed by atoms with Crippen LogP contribution in [0.15, 0.2) is 0 Å². The van der Waals surface area contributed by atoms with Gasteiger partial charge in [-0.25, -0.2) is 19.4 Å². The van der Waals surface area contributed by atoms with Gasteiger partial charge in [0, 0.05) is 80.0 Å². The Hall–Kier alpha value is 3.62. The second-order valence-electron chi connectivity index (χ2n) is 5.24. The maximum atomic E-state index is 6.96. The minimum Gasteiger partial charge on any atom is -1.00 e. The molecule has 0 spiro atoms. The molecule has 0 saturated carbocycles. The van der Waals surface area contributed by atoms with Crippen molar-refractivity contribution in [1.82, 2.24) is 0 Å². The van der Waals surface area contributed by atoms with E-state index >= 15 is 0 Å². The molecule has 0 heterocycles. The zero-order chi connectivity index (χ0) is 27.2. The van der Waals surface area contributed by atoms with E-state index in [2.05, 4.69) is 93.8 Å². The van der Waals surface area contributed by atoms with E-state index in [1.165, 1.54) is 0 Å². The maximum absolute atomic E-state index is 6.96. The Morgan fingerprint density at radius 2 is 0.919 bits per heavy atom. The van der Waals surface area contributed by atoms with Crippen molar-refractivity contribution in [2.45, 2.75) is 20.3 Å². The Morgan fingerprint density at radius 1 is 0.649 bits per heavy atom. The third-order valence-electron chi connectivity index (χ3n) is 3.65. The van der Waals surface area contributed by atoms with Gasteiger partial charge in [-0.2, -0.15) is 0 Å². The topological polar surface area (TPSA) is 17.4 Å². The third kappa shape index (κ3) is 14.8. The number of nitrogens with zero attached hydrogens (tertiary/aromatic N) is 4. The fourth-order valence-corrected chi connectivity index (χ4v) is 3.86. The summed E-state index contributed by atoms with van der Waals surface area (Å²) in [4.78, 5) is 12.7. The van der Waals surface area contributed by atoms with Gasteiger partial charge in [-0.15, -0.1) is 0 Å². The van der Waals surface area contributed by atoms with Gasteiger partial charge in [0.1, 0.15) is 0 Å². The van der Waals surface area contributed by atoms with Crippen LogP contribution in [0.4, 0.5) is 22.7 Å². The molecule has 0 aliphatic heterocycles. The molecule has 0 atom stereocenters. The van der Waals surface area contributed by atoms with Crippen LogP contribution in [0.1, 0.15) is 18.1 Å². The van der Waals surface area contributed by atoms with Crippen molar-refractivity contribution in [2.75, 3.05) is 0 Å². The van der Waals surface area contributed by atoms with Gasteiger partial charge in [-0.3, -0.25) is 0 Å². The fraction of sp³-hybridized carbons (Fsp3) is 0.150. The van der Waals surface area contributed by atoms with Gasteiger partial charge in [-0.1, -0.05) is 76.5 Å². The van der Waals surface area contributed by atoms with Crippen LogP contribution < -0.4 is 37.2 Å². The van der Waals surface area contributed by atoms with E-state index in [9.17, 15) is 0 Å². The average molecular weight is 1370 g/mol. The number of halogens is 12. The summed E-state index contributed by atoms with van der Waals surface area (Å²) in [6.45, 7) is 31.2. The molecule has 2 aromatic rings. The third-order valence-corrected chi connectivity index (χ3v) is 6.34. The number of hydrogen-bond donors (Lipinski definition) is 0. The number of hydrogen-bond acceptors (Lipinski definition) is 0. The van der Waals surface area contributed by atoms with Crippen LogP contribution in [0, 0.1) is 40.6 Å². The molecule has 17 heteroatoms. The van der Waals surface area contributed by atoms with E-state index in [4.69, 9.17) is 95.9 Å². The maximum Gasteiger partial charge on any atom is 0.215 e. The van der Waals surface area contributed by atoms with Gasteiger partial charge in [0.05, 0.1) is 46.4 Å². The molecule has 4 nitrogen and oxygen atoms in total. The Bertz CT molecular complexity index is 1160. The summed E-state index contributed by atoms with van der Waals surface area (Å²) in [6.07, 6.45) is 0.568. The van der Waals surface area contributed by atoms with E-state index in [-0.39, 0.29) is 117 Å². The SMILES string of the molecule is II.I[I-]I.[C-]#[N+]c1c(Cl)c(C)c(Cl)c(Cl)c1[N+]#[C-].[C-]#[N+]c1c(Cl)c(Cl)c(CC)c(Cl)c1[N+]#[C-].[CH3-].[I-].[Y]. The van der Waals surface area contributed by atoms with Crippen molar-refractivity contribution in [3.05, 3.63) is 94.4 Å². The first kappa shape index (κ1) is 50.3. The molecule has 0 amide bonds. The Balaban J connectivity index is -0.000000147. The molecule has 0 bridgehead atoms. The van der Waals surface area contributed by atoms with Gasteiger partial charge in [0.2, 0.25) is 22.7 Å².